The summed E-state index contributed by atoms with van der Waals surface area (Å²) in [5.74, 6) is -2.05. The molecule has 0 aliphatic carbocycles. The molecule has 2 atom stereocenters. The summed E-state index contributed by atoms with van der Waals surface area (Å²) in [5.41, 5.74) is 1.91. The molecular weight excluding hydrogens is 469 g/mol. The maximum absolute atomic E-state index is 12.4. The first kappa shape index (κ1) is 24.8. The van der Waals surface area contributed by atoms with Gasteiger partial charge in [-0.15, -0.1) is 0 Å². The molecule has 33 heavy (non-hydrogen) atoms. The third-order valence-electron chi connectivity index (χ3n) is 5.59. The number of halogens is 2. The van der Waals surface area contributed by atoms with Crippen molar-refractivity contribution in [1.82, 2.24) is 10.2 Å². The molecule has 1 aliphatic heterocycles. The molecule has 3 rings (SSSR count). The van der Waals surface area contributed by atoms with E-state index in [2.05, 4.69) is 20.3 Å². The van der Waals surface area contributed by atoms with Crippen molar-refractivity contribution < 1.29 is 24.2 Å². The van der Waals surface area contributed by atoms with Crippen LogP contribution in [-0.2, 0) is 20.9 Å². The molecular formula is C23H25Cl2N3O5. The number of nitrogens with one attached hydrogen (secondary N) is 2. The number of carbonyl (C=O) groups is 3. The number of esters is 1. The smallest absolute Gasteiger partial charge is 0.331 e. The topological polar surface area (TPSA) is 108 Å². The molecule has 2 amide bonds. The molecule has 8 nitrogen and oxygen atoms in total. The molecule has 176 valence electrons. The Kier molecular flexibility index (Phi) is 7.51. The van der Waals surface area contributed by atoms with Gasteiger partial charge >= 0.3 is 18.0 Å². The largest absolute Gasteiger partial charge is 0.481 e. The van der Waals surface area contributed by atoms with E-state index in [0.29, 0.717) is 15.7 Å². The van der Waals surface area contributed by atoms with E-state index >= 15 is 0 Å². The molecule has 1 aliphatic rings. The zero-order valence-corrected chi connectivity index (χ0v) is 20.0. The summed E-state index contributed by atoms with van der Waals surface area (Å²) >= 11 is 12.7. The first-order chi connectivity index (χ1) is 15.5. The summed E-state index contributed by atoms with van der Waals surface area (Å²) in [6, 6.07) is 10.2. The average Bonchev–Trinajstić information content (AvgIpc) is 2.73. The molecule has 10 heteroatoms. The lowest BCUT2D eigenvalue weighted by Gasteiger charge is -2.33. The summed E-state index contributed by atoms with van der Waals surface area (Å²) in [6.07, 6.45) is -0.619. The number of amides is 2. The van der Waals surface area contributed by atoms with Crippen LogP contribution in [0.5, 0.6) is 0 Å². The van der Waals surface area contributed by atoms with Crippen LogP contribution in [0.25, 0.3) is 0 Å². The molecule has 0 radical (unpaired) electrons. The first-order valence-electron chi connectivity index (χ1n) is 10.2. The number of fused-ring (bicyclic) bond motifs is 1. The highest BCUT2D eigenvalue weighted by Crippen LogP contribution is 2.38. The fourth-order valence-corrected chi connectivity index (χ4v) is 4.61. The number of anilines is 1. The minimum Gasteiger partial charge on any atom is -0.481 e. The van der Waals surface area contributed by atoms with Crippen LogP contribution < -0.4 is 10.6 Å². The third-order valence-corrected chi connectivity index (χ3v) is 6.15. The lowest BCUT2D eigenvalue weighted by atomic mass is 9.85. The van der Waals surface area contributed by atoms with Gasteiger partial charge in [-0.05, 0) is 54.9 Å². The maximum atomic E-state index is 12.4. The number of methoxy groups -OCH3 is 1. The number of likely N-dealkylation sites (N-methyl/N-ethyl adjacent to an activating group) is 1. The van der Waals surface area contributed by atoms with Gasteiger partial charge in [-0.3, -0.25) is 4.79 Å². The van der Waals surface area contributed by atoms with Gasteiger partial charge in [-0.1, -0.05) is 35.3 Å². The van der Waals surface area contributed by atoms with Gasteiger partial charge in [0.15, 0.2) is 0 Å². The number of nitrogens with zero attached hydrogens (tertiary/aromatic N) is 1. The van der Waals surface area contributed by atoms with Crippen LogP contribution in [0, 0.1) is 0 Å². The van der Waals surface area contributed by atoms with Crippen LogP contribution in [-0.4, -0.2) is 54.2 Å². The molecule has 0 fully saturated rings. The highest BCUT2D eigenvalue weighted by molar-refractivity contribution is 6.35. The SMILES string of the molecule is COC(=O)C(C)(CC(=O)O)NC(=O)Nc1ccc(C2CN(C)Cc3c(Cl)cc(Cl)cc32)cc1. The van der Waals surface area contributed by atoms with Crippen molar-refractivity contribution in [2.75, 3.05) is 26.0 Å². The van der Waals surface area contributed by atoms with Gasteiger partial charge in [-0.2, -0.15) is 0 Å². The monoisotopic (exact) mass is 493 g/mol. The number of carboxylic acids is 1. The minimum absolute atomic E-state index is 0.0519. The second kappa shape index (κ2) is 9.99. The van der Waals surface area contributed by atoms with E-state index in [1.165, 1.54) is 6.92 Å². The van der Waals surface area contributed by atoms with E-state index < -0.39 is 29.9 Å². The highest BCUT2D eigenvalue weighted by atomic mass is 35.5. The molecule has 2 aromatic rings. The molecule has 0 aromatic heterocycles. The van der Waals surface area contributed by atoms with Gasteiger partial charge in [-0.25, -0.2) is 9.59 Å². The Morgan fingerprint density at radius 1 is 1.21 bits per heavy atom. The zero-order valence-electron chi connectivity index (χ0n) is 18.4. The molecule has 0 saturated carbocycles. The number of benzene rings is 2. The van der Waals surface area contributed by atoms with E-state index in [4.69, 9.17) is 28.3 Å². The number of urea groups is 1. The van der Waals surface area contributed by atoms with E-state index in [1.807, 2.05) is 25.2 Å². The Hall–Kier alpha value is -2.81. The average molecular weight is 494 g/mol. The van der Waals surface area contributed by atoms with Crippen molar-refractivity contribution in [3.05, 3.63) is 63.1 Å². The van der Waals surface area contributed by atoms with Crippen LogP contribution in [0.3, 0.4) is 0 Å². The number of rotatable bonds is 6. The Morgan fingerprint density at radius 3 is 2.48 bits per heavy atom. The Balaban J connectivity index is 1.77. The summed E-state index contributed by atoms with van der Waals surface area (Å²) in [6.45, 7) is 2.81. The van der Waals surface area contributed by atoms with Crippen molar-refractivity contribution in [2.45, 2.75) is 31.3 Å². The third kappa shape index (κ3) is 5.76. The molecule has 0 bridgehead atoms. The van der Waals surface area contributed by atoms with Crippen molar-refractivity contribution >= 4 is 46.9 Å². The summed E-state index contributed by atoms with van der Waals surface area (Å²) in [5, 5.41) is 15.3. The summed E-state index contributed by atoms with van der Waals surface area (Å²) < 4.78 is 4.64. The van der Waals surface area contributed by atoms with E-state index in [9.17, 15) is 14.4 Å². The molecule has 0 spiro atoms. The van der Waals surface area contributed by atoms with Crippen LogP contribution in [0.4, 0.5) is 10.5 Å². The number of hydrogen-bond donors (Lipinski definition) is 3. The maximum Gasteiger partial charge on any atom is 0.331 e. The van der Waals surface area contributed by atoms with Crippen molar-refractivity contribution in [1.29, 1.82) is 0 Å². The predicted octanol–water partition coefficient (Wildman–Crippen LogP) is 4.10. The van der Waals surface area contributed by atoms with Crippen LogP contribution in [0.15, 0.2) is 36.4 Å². The Bertz CT molecular complexity index is 1080. The fraction of sp³-hybridized carbons (Fsp3) is 0.348. The number of carboxylic acid groups (broad SMARTS) is 1. The molecule has 2 unspecified atom stereocenters. The van der Waals surface area contributed by atoms with E-state index in [-0.39, 0.29) is 5.92 Å². The van der Waals surface area contributed by atoms with E-state index in [1.54, 1.807) is 18.2 Å². The van der Waals surface area contributed by atoms with Crippen LogP contribution in [0.2, 0.25) is 10.0 Å². The molecule has 0 saturated heterocycles. The number of hydrogen-bond acceptors (Lipinski definition) is 5. The normalized spacial score (nSPS) is 17.4. The van der Waals surface area contributed by atoms with Gasteiger partial charge in [0, 0.05) is 34.7 Å². The standard InChI is InChI=1S/C23H25Cl2N3O5/c1-23(10-20(29)30,21(31)33-3)27-22(32)26-15-6-4-13(5-7-15)17-11-28(2)12-18-16(17)8-14(24)9-19(18)25/h4-9,17H,10-12H2,1-3H3,(H,29,30)(H2,26,27,32). The summed E-state index contributed by atoms with van der Waals surface area (Å²) in [7, 11) is 3.15. The van der Waals surface area contributed by atoms with Gasteiger partial charge < -0.3 is 25.4 Å². The van der Waals surface area contributed by atoms with Gasteiger partial charge in [0.2, 0.25) is 0 Å². The lowest BCUT2D eigenvalue weighted by Crippen LogP contribution is -2.55. The Labute approximate surface area is 201 Å². The van der Waals surface area contributed by atoms with Crippen LogP contribution in [0.1, 0.15) is 36.0 Å². The number of aliphatic carboxylic acids is 1. The number of ether oxygens (including phenoxy) is 1. The second-order valence-corrected chi connectivity index (χ2v) is 9.14. The first-order valence-corrected chi connectivity index (χ1v) is 10.9. The summed E-state index contributed by atoms with van der Waals surface area (Å²) in [4.78, 5) is 37.7. The lowest BCUT2D eigenvalue weighted by molar-refractivity contribution is -0.152. The van der Waals surface area contributed by atoms with Crippen molar-refractivity contribution in [3.63, 3.8) is 0 Å². The van der Waals surface area contributed by atoms with Gasteiger partial charge in [0.25, 0.3) is 0 Å². The van der Waals surface area contributed by atoms with Gasteiger partial charge in [0.1, 0.15) is 5.54 Å². The predicted molar refractivity (Wildman–Crippen MR) is 126 cm³/mol. The zero-order chi connectivity index (χ0) is 24.3. The van der Waals surface area contributed by atoms with Crippen LogP contribution >= 0.6 is 23.2 Å². The molecule has 2 aromatic carbocycles. The number of carbonyl (C=O) groups excluding carboxylic acids is 2. The minimum atomic E-state index is -1.71. The van der Waals surface area contributed by atoms with Crippen molar-refractivity contribution in [3.8, 4) is 0 Å². The molecule has 1 heterocycles. The Morgan fingerprint density at radius 2 is 1.88 bits per heavy atom. The second-order valence-electron chi connectivity index (χ2n) is 8.30. The van der Waals surface area contributed by atoms with Gasteiger partial charge in [0.05, 0.1) is 13.5 Å². The molecule has 3 N–H and O–H groups in total. The van der Waals surface area contributed by atoms with Crippen molar-refractivity contribution in [2.24, 2.45) is 0 Å². The highest BCUT2D eigenvalue weighted by Gasteiger charge is 2.38. The quantitative estimate of drug-likeness (QED) is 0.522. The van der Waals surface area contributed by atoms with E-state index in [0.717, 1.165) is 36.9 Å². The fourth-order valence-electron chi connectivity index (χ4n) is 4.04.